The molecule has 0 fully saturated rings. The number of methoxy groups -OCH3 is 1. The first-order valence-corrected chi connectivity index (χ1v) is 11.9. The monoisotopic (exact) mass is 470 g/mol. The van der Waals surface area contributed by atoms with E-state index in [0.29, 0.717) is 34.1 Å². The summed E-state index contributed by atoms with van der Waals surface area (Å²) in [5, 5.41) is 3.36. The molecule has 1 aliphatic heterocycles. The van der Waals surface area contributed by atoms with E-state index in [1.54, 1.807) is 43.5 Å². The molecule has 0 saturated carbocycles. The van der Waals surface area contributed by atoms with E-state index < -0.39 is 10.0 Å². The number of fused-ring (bicyclic) bond motifs is 1. The normalized spacial score (nSPS) is 15.4. The van der Waals surface area contributed by atoms with Crippen molar-refractivity contribution < 1.29 is 17.9 Å². The summed E-state index contributed by atoms with van der Waals surface area (Å²) in [4.78, 5) is 13.1. The molecule has 1 aliphatic rings. The summed E-state index contributed by atoms with van der Waals surface area (Å²) in [5.41, 5.74) is 3.41. The predicted octanol–water partition coefficient (Wildman–Crippen LogP) is 5.05. The highest BCUT2D eigenvalue weighted by molar-refractivity contribution is 7.92. The molecule has 1 heterocycles. The third-order valence-corrected chi connectivity index (χ3v) is 7.66. The lowest BCUT2D eigenvalue weighted by Crippen LogP contribution is -2.35. The van der Waals surface area contributed by atoms with Gasteiger partial charge in [0.1, 0.15) is 5.75 Å². The SMILES string of the molecule is COc1ccc(C)cc1NC(=O)c1ccc2c(c1)C[C@H](C)N2S(=O)(=O)c1ccc(Cl)cc1. The van der Waals surface area contributed by atoms with Gasteiger partial charge in [-0.3, -0.25) is 9.10 Å². The molecule has 0 aromatic heterocycles. The Morgan fingerprint density at radius 2 is 1.81 bits per heavy atom. The van der Waals surface area contributed by atoms with E-state index in [9.17, 15) is 13.2 Å². The summed E-state index contributed by atoms with van der Waals surface area (Å²) in [6.07, 6.45) is 0.511. The van der Waals surface area contributed by atoms with E-state index in [1.165, 1.54) is 16.4 Å². The number of aryl methyl sites for hydroxylation is 1. The molecule has 4 rings (SSSR count). The number of hydrogen-bond acceptors (Lipinski definition) is 4. The second-order valence-electron chi connectivity index (χ2n) is 7.81. The molecule has 0 saturated heterocycles. The van der Waals surface area contributed by atoms with Crippen LogP contribution in [0.25, 0.3) is 0 Å². The van der Waals surface area contributed by atoms with E-state index in [4.69, 9.17) is 16.3 Å². The first kappa shape index (κ1) is 22.2. The maximum atomic E-state index is 13.3. The van der Waals surface area contributed by atoms with Gasteiger partial charge in [-0.05, 0) is 86.0 Å². The largest absolute Gasteiger partial charge is 0.495 e. The van der Waals surface area contributed by atoms with E-state index in [1.807, 2.05) is 26.0 Å². The van der Waals surface area contributed by atoms with Crippen LogP contribution in [0.4, 0.5) is 11.4 Å². The number of nitrogens with one attached hydrogen (secondary N) is 1. The summed E-state index contributed by atoms with van der Waals surface area (Å²) in [5.74, 6) is 0.280. The second-order valence-corrected chi connectivity index (χ2v) is 10.1. The molecule has 1 amide bonds. The minimum atomic E-state index is -3.76. The van der Waals surface area contributed by atoms with Crippen LogP contribution in [-0.2, 0) is 16.4 Å². The lowest BCUT2D eigenvalue weighted by atomic mass is 10.1. The van der Waals surface area contributed by atoms with Crippen LogP contribution in [0.5, 0.6) is 5.75 Å². The van der Waals surface area contributed by atoms with Gasteiger partial charge in [-0.15, -0.1) is 0 Å². The highest BCUT2D eigenvalue weighted by Gasteiger charge is 2.36. The summed E-state index contributed by atoms with van der Waals surface area (Å²) in [6, 6.07) is 16.5. The van der Waals surface area contributed by atoms with Crippen molar-refractivity contribution in [1.82, 2.24) is 0 Å². The van der Waals surface area contributed by atoms with Crippen molar-refractivity contribution in [2.24, 2.45) is 0 Å². The maximum absolute atomic E-state index is 13.3. The van der Waals surface area contributed by atoms with E-state index >= 15 is 0 Å². The average Bonchev–Trinajstić information content (AvgIpc) is 3.09. The number of nitrogens with zero attached hydrogens (tertiary/aromatic N) is 1. The van der Waals surface area contributed by atoms with Crippen LogP contribution in [0.1, 0.15) is 28.4 Å². The van der Waals surface area contributed by atoms with Crippen LogP contribution in [0.15, 0.2) is 65.6 Å². The Balaban J connectivity index is 1.64. The molecule has 3 aromatic rings. The maximum Gasteiger partial charge on any atom is 0.264 e. The molecular weight excluding hydrogens is 448 g/mol. The van der Waals surface area contributed by atoms with Gasteiger partial charge < -0.3 is 10.1 Å². The standard InChI is InChI=1S/C24H23ClN2O4S/c1-15-4-11-23(31-3)21(12-15)26-24(28)17-5-10-22-18(14-17)13-16(2)27(22)32(29,30)20-8-6-19(25)7-9-20/h4-12,14,16H,13H2,1-3H3,(H,26,28)/t16-/m0/s1. The van der Waals surface area contributed by atoms with Gasteiger partial charge in [0.2, 0.25) is 0 Å². The fourth-order valence-corrected chi connectivity index (χ4v) is 5.76. The van der Waals surface area contributed by atoms with Gasteiger partial charge in [-0.2, -0.15) is 0 Å². The van der Waals surface area contributed by atoms with Crippen LogP contribution in [0, 0.1) is 6.92 Å². The van der Waals surface area contributed by atoms with Crippen molar-refractivity contribution in [3.8, 4) is 5.75 Å². The number of carbonyl (C=O) groups is 1. The molecule has 1 N–H and O–H groups in total. The first-order chi connectivity index (χ1) is 15.2. The topological polar surface area (TPSA) is 75.7 Å². The number of halogens is 1. The number of ether oxygens (including phenoxy) is 1. The molecule has 0 unspecified atom stereocenters. The lowest BCUT2D eigenvalue weighted by Gasteiger charge is -2.24. The summed E-state index contributed by atoms with van der Waals surface area (Å²) in [6.45, 7) is 3.78. The zero-order valence-electron chi connectivity index (χ0n) is 17.9. The quantitative estimate of drug-likeness (QED) is 0.566. The van der Waals surface area contributed by atoms with Crippen LogP contribution < -0.4 is 14.4 Å². The average molecular weight is 471 g/mol. The summed E-state index contributed by atoms with van der Waals surface area (Å²) < 4.78 is 33.3. The van der Waals surface area contributed by atoms with Gasteiger partial charge in [-0.25, -0.2) is 8.42 Å². The summed E-state index contributed by atoms with van der Waals surface area (Å²) >= 11 is 5.91. The molecule has 0 radical (unpaired) electrons. The van der Waals surface area contributed by atoms with Crippen LogP contribution in [0.2, 0.25) is 5.02 Å². The van der Waals surface area contributed by atoms with Crippen LogP contribution in [-0.4, -0.2) is 27.5 Å². The molecule has 8 heteroatoms. The lowest BCUT2D eigenvalue weighted by molar-refractivity contribution is 0.102. The number of anilines is 2. The fourth-order valence-electron chi connectivity index (χ4n) is 3.94. The fraction of sp³-hybridized carbons (Fsp3) is 0.208. The molecule has 0 aliphatic carbocycles. The smallest absolute Gasteiger partial charge is 0.264 e. The molecule has 3 aromatic carbocycles. The molecule has 1 atom stereocenters. The molecule has 32 heavy (non-hydrogen) atoms. The van der Waals surface area contributed by atoms with E-state index in [-0.39, 0.29) is 16.8 Å². The van der Waals surface area contributed by atoms with Gasteiger partial charge in [0.15, 0.2) is 0 Å². The number of rotatable bonds is 5. The molecule has 166 valence electrons. The number of benzene rings is 3. The Morgan fingerprint density at radius 1 is 1.09 bits per heavy atom. The van der Waals surface area contributed by atoms with Crippen molar-refractivity contribution in [2.75, 3.05) is 16.7 Å². The number of carbonyl (C=O) groups excluding carboxylic acids is 1. The van der Waals surface area contributed by atoms with Crippen molar-refractivity contribution in [3.05, 3.63) is 82.4 Å². The van der Waals surface area contributed by atoms with Gasteiger partial charge in [-0.1, -0.05) is 17.7 Å². The van der Waals surface area contributed by atoms with Gasteiger partial charge in [0.05, 0.1) is 23.4 Å². The highest BCUT2D eigenvalue weighted by Crippen LogP contribution is 2.37. The molecular formula is C24H23ClN2O4S. The number of amides is 1. The van der Waals surface area contributed by atoms with E-state index in [0.717, 1.165) is 11.1 Å². The second kappa shape index (κ2) is 8.48. The predicted molar refractivity (Wildman–Crippen MR) is 126 cm³/mol. The Hall–Kier alpha value is -3.03. The number of sulfonamides is 1. The molecule has 0 bridgehead atoms. The van der Waals surface area contributed by atoms with Gasteiger partial charge in [0, 0.05) is 16.6 Å². The Bertz CT molecular complexity index is 1290. The minimum absolute atomic E-state index is 0.176. The molecule has 6 nitrogen and oxygen atoms in total. The number of hydrogen-bond donors (Lipinski definition) is 1. The minimum Gasteiger partial charge on any atom is -0.495 e. The third kappa shape index (κ3) is 4.06. The molecule has 0 spiro atoms. The highest BCUT2D eigenvalue weighted by atomic mass is 35.5. The Kier molecular flexibility index (Phi) is 5.88. The first-order valence-electron chi connectivity index (χ1n) is 10.1. The van der Waals surface area contributed by atoms with Gasteiger partial charge >= 0.3 is 0 Å². The van der Waals surface area contributed by atoms with Crippen LogP contribution >= 0.6 is 11.6 Å². The van der Waals surface area contributed by atoms with Gasteiger partial charge in [0.25, 0.3) is 15.9 Å². The zero-order valence-corrected chi connectivity index (χ0v) is 19.5. The third-order valence-electron chi connectivity index (χ3n) is 5.47. The Labute approximate surface area is 192 Å². The van der Waals surface area contributed by atoms with Crippen LogP contribution in [0.3, 0.4) is 0 Å². The van der Waals surface area contributed by atoms with Crippen molar-refractivity contribution in [1.29, 1.82) is 0 Å². The van der Waals surface area contributed by atoms with Crippen molar-refractivity contribution >= 4 is 38.9 Å². The summed E-state index contributed by atoms with van der Waals surface area (Å²) in [7, 11) is -2.21. The van der Waals surface area contributed by atoms with E-state index in [2.05, 4.69) is 5.32 Å². The van der Waals surface area contributed by atoms with Crippen molar-refractivity contribution in [3.63, 3.8) is 0 Å². The Morgan fingerprint density at radius 3 is 2.50 bits per heavy atom. The van der Waals surface area contributed by atoms with Crippen molar-refractivity contribution in [2.45, 2.75) is 31.2 Å². The zero-order chi connectivity index (χ0) is 23.0.